The van der Waals surface area contributed by atoms with Crippen LogP contribution in [0.2, 0.25) is 10.0 Å². The molecule has 8 heteroatoms. The summed E-state index contributed by atoms with van der Waals surface area (Å²) in [5.41, 5.74) is 1.38. The van der Waals surface area contributed by atoms with Crippen LogP contribution < -0.4 is 10.3 Å². The van der Waals surface area contributed by atoms with Crippen molar-refractivity contribution < 1.29 is 9.53 Å². The molecule has 0 aliphatic carbocycles. The first-order chi connectivity index (χ1) is 17.9. The number of aromatic nitrogens is 2. The number of nitrogens with zero attached hydrogens (tertiary/aromatic N) is 3. The summed E-state index contributed by atoms with van der Waals surface area (Å²) in [7, 11) is 0. The number of halogens is 2. The molecule has 6 nitrogen and oxygen atoms in total. The van der Waals surface area contributed by atoms with Gasteiger partial charge in [-0.05, 0) is 74.4 Å². The average molecular weight is 538 g/mol. The summed E-state index contributed by atoms with van der Waals surface area (Å²) in [6, 6.07) is 18.9. The maximum Gasteiger partial charge on any atom is 0.266 e. The Kier molecular flexibility index (Phi) is 8.52. The second-order valence-corrected chi connectivity index (χ2v) is 9.45. The minimum Gasteiger partial charge on any atom is -0.494 e. The molecule has 0 N–H and O–H groups in total. The Morgan fingerprint density at radius 3 is 2.41 bits per heavy atom. The lowest BCUT2D eigenvalue weighted by atomic mass is 10.1. The average Bonchev–Trinajstić information content (AvgIpc) is 2.89. The maximum absolute atomic E-state index is 13.8. The zero-order valence-electron chi connectivity index (χ0n) is 21.1. The Bertz CT molecular complexity index is 1470. The van der Waals surface area contributed by atoms with Gasteiger partial charge in [-0.15, -0.1) is 0 Å². The Morgan fingerprint density at radius 2 is 1.76 bits per heavy atom. The van der Waals surface area contributed by atoms with E-state index in [0.29, 0.717) is 64.7 Å². The molecule has 0 spiro atoms. The molecule has 0 saturated carbocycles. The van der Waals surface area contributed by atoms with Crippen molar-refractivity contribution >= 4 is 40.0 Å². The van der Waals surface area contributed by atoms with Crippen molar-refractivity contribution in [3.05, 3.63) is 98.5 Å². The van der Waals surface area contributed by atoms with E-state index in [9.17, 15) is 9.59 Å². The van der Waals surface area contributed by atoms with Gasteiger partial charge in [-0.1, -0.05) is 49.2 Å². The summed E-state index contributed by atoms with van der Waals surface area (Å²) in [4.78, 5) is 34.4. The molecule has 0 fully saturated rings. The fourth-order valence-corrected chi connectivity index (χ4v) is 4.97. The summed E-state index contributed by atoms with van der Waals surface area (Å²) in [5, 5.41) is 1.24. The predicted octanol–water partition coefficient (Wildman–Crippen LogP) is 7.09. The monoisotopic (exact) mass is 537 g/mol. The molecule has 1 amide bonds. The largest absolute Gasteiger partial charge is 0.494 e. The second-order valence-electron chi connectivity index (χ2n) is 8.60. The van der Waals surface area contributed by atoms with E-state index in [0.717, 1.165) is 0 Å². The summed E-state index contributed by atoms with van der Waals surface area (Å²) >= 11 is 12.5. The number of hydrogen-bond donors (Lipinski definition) is 0. The van der Waals surface area contributed by atoms with Gasteiger partial charge in [0.05, 0.1) is 39.8 Å². The van der Waals surface area contributed by atoms with Crippen LogP contribution in [0.1, 0.15) is 55.8 Å². The van der Waals surface area contributed by atoms with Gasteiger partial charge in [-0.25, -0.2) is 4.98 Å². The van der Waals surface area contributed by atoms with Crippen LogP contribution in [0.3, 0.4) is 0 Å². The lowest BCUT2D eigenvalue weighted by molar-refractivity contribution is 0.0659. The number of hydrogen-bond acceptors (Lipinski definition) is 4. The van der Waals surface area contributed by atoms with Gasteiger partial charge in [0.25, 0.3) is 11.5 Å². The van der Waals surface area contributed by atoms with Gasteiger partial charge < -0.3 is 9.64 Å². The van der Waals surface area contributed by atoms with Crippen molar-refractivity contribution in [1.29, 1.82) is 0 Å². The Labute approximate surface area is 226 Å². The van der Waals surface area contributed by atoms with E-state index in [1.54, 1.807) is 33.7 Å². The van der Waals surface area contributed by atoms with Crippen molar-refractivity contribution in [2.75, 3.05) is 13.2 Å². The minimum atomic E-state index is -0.483. The lowest BCUT2D eigenvalue weighted by Crippen LogP contribution is -2.39. The van der Waals surface area contributed by atoms with Crippen molar-refractivity contribution in [2.24, 2.45) is 0 Å². The highest BCUT2D eigenvalue weighted by Crippen LogP contribution is 2.30. The van der Waals surface area contributed by atoms with Crippen LogP contribution in [0.5, 0.6) is 5.75 Å². The summed E-state index contributed by atoms with van der Waals surface area (Å²) in [6.07, 6.45) is 1.26. The van der Waals surface area contributed by atoms with E-state index < -0.39 is 6.04 Å². The molecular weight excluding hydrogens is 509 g/mol. The molecular formula is C29H29Cl2N3O3. The molecule has 0 radical (unpaired) electrons. The molecule has 1 aromatic heterocycles. The lowest BCUT2D eigenvalue weighted by Gasteiger charge is -2.32. The van der Waals surface area contributed by atoms with Crippen LogP contribution in [-0.2, 0) is 0 Å². The number of para-hydroxylation sites is 1. The summed E-state index contributed by atoms with van der Waals surface area (Å²) in [6.45, 7) is 6.91. The Morgan fingerprint density at radius 1 is 1.03 bits per heavy atom. The van der Waals surface area contributed by atoms with E-state index in [4.69, 9.17) is 32.9 Å². The molecule has 1 atom stereocenters. The Hall–Kier alpha value is -3.35. The number of amides is 1. The first-order valence-corrected chi connectivity index (χ1v) is 13.2. The van der Waals surface area contributed by atoms with Crippen molar-refractivity contribution in [3.8, 4) is 11.4 Å². The van der Waals surface area contributed by atoms with Crippen LogP contribution in [-0.4, -0.2) is 33.5 Å². The standard InChI is InChI=1S/C29H29Cl2N3O3/c1-4-17-33(28(35)22-16-11-19(30)18-24(22)31)26(5-2)27-32-25-10-8-7-9-23(25)29(36)34(27)20-12-14-21(15-13-20)37-6-3/h7-16,18,26H,4-6,17H2,1-3H3. The first kappa shape index (κ1) is 26.7. The van der Waals surface area contributed by atoms with E-state index in [2.05, 4.69) is 0 Å². The number of ether oxygens (including phenoxy) is 1. The van der Waals surface area contributed by atoms with Crippen molar-refractivity contribution in [2.45, 2.75) is 39.7 Å². The van der Waals surface area contributed by atoms with Crippen LogP contribution in [0, 0.1) is 0 Å². The van der Waals surface area contributed by atoms with Crippen LogP contribution in [0.4, 0.5) is 0 Å². The van der Waals surface area contributed by atoms with Crippen molar-refractivity contribution in [3.63, 3.8) is 0 Å². The third-order valence-corrected chi connectivity index (χ3v) is 6.70. The molecule has 0 aliphatic rings. The van der Waals surface area contributed by atoms with Gasteiger partial charge in [0.2, 0.25) is 0 Å². The zero-order valence-corrected chi connectivity index (χ0v) is 22.6. The van der Waals surface area contributed by atoms with Gasteiger partial charge in [-0.3, -0.25) is 14.2 Å². The fourth-order valence-electron chi connectivity index (χ4n) is 4.48. The third-order valence-electron chi connectivity index (χ3n) is 6.16. The summed E-state index contributed by atoms with van der Waals surface area (Å²) in [5.74, 6) is 0.958. The van der Waals surface area contributed by atoms with E-state index in [1.807, 2.05) is 63.2 Å². The van der Waals surface area contributed by atoms with E-state index >= 15 is 0 Å². The number of fused-ring (bicyclic) bond motifs is 1. The van der Waals surface area contributed by atoms with Gasteiger partial charge in [0.15, 0.2) is 0 Å². The van der Waals surface area contributed by atoms with E-state index in [-0.39, 0.29) is 16.5 Å². The van der Waals surface area contributed by atoms with Gasteiger partial charge >= 0.3 is 0 Å². The molecule has 3 aromatic carbocycles. The minimum absolute atomic E-state index is 0.198. The Balaban J connectivity index is 1.92. The highest BCUT2D eigenvalue weighted by atomic mass is 35.5. The highest BCUT2D eigenvalue weighted by Gasteiger charge is 2.30. The van der Waals surface area contributed by atoms with E-state index in [1.165, 1.54) is 0 Å². The normalized spacial score (nSPS) is 11.9. The molecule has 0 saturated heterocycles. The quantitative estimate of drug-likeness (QED) is 0.228. The number of carbonyl (C=O) groups is 1. The van der Waals surface area contributed by atoms with Gasteiger partial charge in [0.1, 0.15) is 11.6 Å². The fraction of sp³-hybridized carbons (Fsp3) is 0.276. The molecule has 4 aromatic rings. The molecule has 1 unspecified atom stereocenters. The molecule has 37 heavy (non-hydrogen) atoms. The number of rotatable bonds is 9. The molecule has 192 valence electrons. The predicted molar refractivity (Wildman–Crippen MR) is 149 cm³/mol. The molecule has 4 rings (SSSR count). The smallest absolute Gasteiger partial charge is 0.266 e. The van der Waals surface area contributed by atoms with Crippen LogP contribution in [0.25, 0.3) is 16.6 Å². The SMILES string of the molecule is CCCN(C(=O)c1ccc(Cl)cc1Cl)C(CC)c1nc2ccccc2c(=O)n1-c1ccc(OCC)cc1. The van der Waals surface area contributed by atoms with Crippen LogP contribution >= 0.6 is 23.2 Å². The molecule has 0 bridgehead atoms. The number of carbonyl (C=O) groups excluding carboxylic acids is 1. The zero-order chi connectivity index (χ0) is 26.5. The van der Waals surface area contributed by atoms with Gasteiger partial charge in [-0.2, -0.15) is 0 Å². The van der Waals surface area contributed by atoms with Gasteiger partial charge in [0, 0.05) is 11.6 Å². The summed E-state index contributed by atoms with van der Waals surface area (Å²) < 4.78 is 7.19. The first-order valence-electron chi connectivity index (χ1n) is 12.4. The van der Waals surface area contributed by atoms with Crippen LogP contribution in [0.15, 0.2) is 71.5 Å². The third kappa shape index (κ3) is 5.50. The highest BCUT2D eigenvalue weighted by molar-refractivity contribution is 6.36. The van der Waals surface area contributed by atoms with Crippen molar-refractivity contribution in [1.82, 2.24) is 14.5 Å². The number of benzene rings is 3. The maximum atomic E-state index is 13.8. The topological polar surface area (TPSA) is 64.4 Å². The second kappa shape index (κ2) is 11.8. The molecule has 0 aliphatic heterocycles. The molecule has 1 heterocycles.